The quantitative estimate of drug-likeness (QED) is 0.185. The first kappa shape index (κ1) is 19.4. The Balaban J connectivity index is 1.24. The van der Waals surface area contributed by atoms with E-state index in [1.807, 2.05) is 78.9 Å². The summed E-state index contributed by atoms with van der Waals surface area (Å²) >= 11 is 0. The number of fused-ring (bicyclic) bond motifs is 7. The second-order valence-corrected chi connectivity index (χ2v) is 12.1. The van der Waals surface area contributed by atoms with Crippen LogP contribution in [-0.2, 0) is 0 Å². The van der Waals surface area contributed by atoms with E-state index < -0.39 is 30.2 Å². The summed E-state index contributed by atoms with van der Waals surface area (Å²) in [7, 11) is 0. The van der Waals surface area contributed by atoms with E-state index in [2.05, 4.69) is 24.3 Å². The highest BCUT2D eigenvalue weighted by Crippen LogP contribution is 2.43. The average molecular weight is 649 g/mol. The maximum atomic E-state index is 9.75. The largest absolute Gasteiger partial charge is 0.456 e. The molecular formula is C48H31NO. The van der Waals surface area contributed by atoms with Crippen LogP contribution in [0.1, 0.15) is 15.1 Å². The molecule has 50 heavy (non-hydrogen) atoms. The normalized spacial score (nSPS) is 14.7. The van der Waals surface area contributed by atoms with Gasteiger partial charge >= 0.3 is 0 Å². The van der Waals surface area contributed by atoms with Crippen LogP contribution in [0.4, 0.5) is 17.1 Å². The Labute approximate surface area is 305 Å². The molecule has 0 saturated carbocycles. The van der Waals surface area contributed by atoms with Crippen LogP contribution in [0.25, 0.3) is 76.5 Å². The Morgan fingerprint density at radius 3 is 2.02 bits per heavy atom. The molecular weight excluding hydrogens is 607 g/mol. The molecule has 234 valence electrons. The predicted molar refractivity (Wildman–Crippen MR) is 212 cm³/mol. The van der Waals surface area contributed by atoms with Gasteiger partial charge < -0.3 is 9.32 Å². The van der Waals surface area contributed by atoms with E-state index in [9.17, 15) is 1.37 Å². The van der Waals surface area contributed by atoms with Gasteiger partial charge in [0.2, 0.25) is 0 Å². The Bertz CT molecular complexity index is 3480. The molecule has 2 nitrogen and oxygen atoms in total. The van der Waals surface area contributed by atoms with E-state index in [0.29, 0.717) is 27.9 Å². The zero-order valence-corrected chi connectivity index (χ0v) is 26.4. The van der Waals surface area contributed by atoms with Crippen LogP contribution in [0, 0.1) is 0 Å². The Kier molecular flexibility index (Phi) is 4.46. The lowest BCUT2D eigenvalue weighted by atomic mass is 9.95. The second-order valence-electron chi connectivity index (χ2n) is 12.1. The molecule has 0 radical (unpaired) electrons. The van der Waals surface area contributed by atoms with Gasteiger partial charge in [0.15, 0.2) is 0 Å². The maximum absolute atomic E-state index is 9.75. The van der Waals surface area contributed by atoms with E-state index in [-0.39, 0.29) is 74.7 Å². The van der Waals surface area contributed by atoms with Crippen molar-refractivity contribution in [3.05, 3.63) is 188 Å². The van der Waals surface area contributed by atoms with Crippen LogP contribution in [0.3, 0.4) is 0 Å². The van der Waals surface area contributed by atoms with Crippen molar-refractivity contribution in [2.75, 3.05) is 4.90 Å². The van der Waals surface area contributed by atoms with Gasteiger partial charge in [-0.15, -0.1) is 0 Å². The molecule has 0 aliphatic heterocycles. The molecule has 0 saturated heterocycles. The van der Waals surface area contributed by atoms with Gasteiger partial charge in [-0.25, -0.2) is 0 Å². The van der Waals surface area contributed by atoms with Gasteiger partial charge in [-0.1, -0.05) is 127 Å². The molecule has 0 unspecified atom stereocenters. The summed E-state index contributed by atoms with van der Waals surface area (Å²) in [5, 5.41) is 4.58. The van der Waals surface area contributed by atoms with Crippen molar-refractivity contribution in [3.8, 4) is 22.3 Å². The SMILES string of the molecule is [2H]c1cc2oc3c([2H])c([2H])c4ccc(-c5cc(N(c6ccc(-c7ccc8ccccc8c7)cc6)c6c([2H])c([2H])c([2H])c([2H])c6[2H])c6ccccc6c5)c([2H])c4c3c2c([2H])c1[2H]. The van der Waals surface area contributed by atoms with E-state index >= 15 is 0 Å². The van der Waals surface area contributed by atoms with Gasteiger partial charge in [0.05, 0.1) is 20.8 Å². The second kappa shape index (κ2) is 11.5. The predicted octanol–water partition coefficient (Wildman–Crippen LogP) is 13.8. The van der Waals surface area contributed by atoms with Gasteiger partial charge in [-0.3, -0.25) is 0 Å². The number of rotatable bonds is 5. The van der Waals surface area contributed by atoms with Gasteiger partial charge in [0, 0.05) is 27.5 Å². The first-order chi connectivity index (χ1) is 29.3. The number of anilines is 3. The molecule has 0 aliphatic rings. The van der Waals surface area contributed by atoms with Crippen molar-refractivity contribution in [1.29, 1.82) is 0 Å². The van der Waals surface area contributed by atoms with E-state index in [0.717, 1.165) is 27.3 Å². The molecule has 0 fully saturated rings. The van der Waals surface area contributed by atoms with Crippen molar-refractivity contribution in [3.63, 3.8) is 0 Å². The molecule has 0 atom stereocenters. The molecule has 10 aromatic rings. The summed E-state index contributed by atoms with van der Waals surface area (Å²) in [6.07, 6.45) is 0. The average Bonchev–Trinajstić information content (AvgIpc) is 3.66. The van der Waals surface area contributed by atoms with E-state index in [1.165, 1.54) is 6.07 Å². The van der Waals surface area contributed by atoms with Crippen LogP contribution in [0.15, 0.2) is 192 Å². The standard InChI is InChI=1S/C48H31NO/c1-2-13-40(14-3-1)49(41-25-22-33(23-26-41)36-20-18-32-10-4-5-11-35(32)28-36)45-31-39(29-38-12-6-7-15-42(38)45)37-21-19-34-24-27-47-48(44(34)30-37)43-16-8-9-17-46(43)50-47/h1-31H/i1D,2D,3D,8D,9D,13D,14D,16D,24D,27D,30D. The summed E-state index contributed by atoms with van der Waals surface area (Å²) in [5.74, 6) is 0. The lowest BCUT2D eigenvalue weighted by Crippen LogP contribution is -2.10. The van der Waals surface area contributed by atoms with Crippen molar-refractivity contribution < 1.29 is 19.5 Å². The molecule has 0 amide bonds. The fourth-order valence-corrected chi connectivity index (χ4v) is 6.84. The third-order valence-corrected chi connectivity index (χ3v) is 9.22. The molecule has 2 heteroatoms. The van der Waals surface area contributed by atoms with Crippen LogP contribution >= 0.6 is 0 Å². The third-order valence-electron chi connectivity index (χ3n) is 9.22. The lowest BCUT2D eigenvalue weighted by Gasteiger charge is -2.28. The van der Waals surface area contributed by atoms with Crippen molar-refractivity contribution in [2.24, 2.45) is 0 Å². The summed E-state index contributed by atoms with van der Waals surface area (Å²) < 4.78 is 103. The molecule has 0 aliphatic carbocycles. The summed E-state index contributed by atoms with van der Waals surface area (Å²) in [5.41, 5.74) is 3.87. The molecule has 9 aromatic carbocycles. The Hall–Kier alpha value is -6.64. The van der Waals surface area contributed by atoms with Crippen LogP contribution in [0.2, 0.25) is 0 Å². The lowest BCUT2D eigenvalue weighted by molar-refractivity contribution is 0.669. The zero-order valence-electron chi connectivity index (χ0n) is 37.4. The molecule has 0 spiro atoms. The maximum Gasteiger partial charge on any atom is 0.136 e. The summed E-state index contributed by atoms with van der Waals surface area (Å²) in [4.78, 5) is 1.66. The number of hydrogen-bond donors (Lipinski definition) is 0. The smallest absolute Gasteiger partial charge is 0.136 e. The van der Waals surface area contributed by atoms with Crippen molar-refractivity contribution >= 4 is 71.3 Å². The first-order valence-corrected chi connectivity index (χ1v) is 16.2. The molecule has 1 heterocycles. The highest BCUT2D eigenvalue weighted by molar-refractivity contribution is 6.19. The Morgan fingerprint density at radius 1 is 0.420 bits per heavy atom. The minimum Gasteiger partial charge on any atom is -0.456 e. The molecule has 1 aromatic heterocycles. The fourth-order valence-electron chi connectivity index (χ4n) is 6.84. The van der Waals surface area contributed by atoms with Gasteiger partial charge in [-0.2, -0.15) is 0 Å². The minimum absolute atomic E-state index is 0.0182. The number of benzene rings is 9. The third kappa shape index (κ3) is 4.73. The molecule has 10 rings (SSSR count). The highest BCUT2D eigenvalue weighted by atomic mass is 16.3. The number of hydrogen-bond acceptors (Lipinski definition) is 2. The summed E-state index contributed by atoms with van der Waals surface area (Å²) in [6, 6.07) is 34.2. The highest BCUT2D eigenvalue weighted by Gasteiger charge is 2.18. The first-order valence-electron chi connectivity index (χ1n) is 21.7. The monoisotopic (exact) mass is 648 g/mol. The van der Waals surface area contributed by atoms with Crippen LogP contribution in [0.5, 0.6) is 0 Å². The molecule has 0 N–H and O–H groups in total. The van der Waals surface area contributed by atoms with E-state index in [1.54, 1.807) is 17.0 Å². The molecule has 0 bridgehead atoms. The Morgan fingerprint density at radius 2 is 1.14 bits per heavy atom. The van der Waals surface area contributed by atoms with Gasteiger partial charge in [0.1, 0.15) is 11.2 Å². The summed E-state index contributed by atoms with van der Waals surface area (Å²) in [6.45, 7) is 0. The fraction of sp³-hybridized carbons (Fsp3) is 0. The zero-order chi connectivity index (χ0) is 42.6. The number of para-hydroxylation sites is 2. The van der Waals surface area contributed by atoms with Gasteiger partial charge in [0.25, 0.3) is 0 Å². The minimum atomic E-state index is -0.519. The number of nitrogens with zero attached hydrogens (tertiary/aromatic N) is 1. The van der Waals surface area contributed by atoms with Crippen molar-refractivity contribution in [2.45, 2.75) is 0 Å². The van der Waals surface area contributed by atoms with Crippen molar-refractivity contribution in [1.82, 2.24) is 0 Å². The topological polar surface area (TPSA) is 16.4 Å². The number of furan rings is 1. The van der Waals surface area contributed by atoms with Gasteiger partial charge in [-0.05, 0) is 110 Å². The van der Waals surface area contributed by atoms with E-state index in [4.69, 9.17) is 18.1 Å². The van der Waals surface area contributed by atoms with Crippen LogP contribution < -0.4 is 4.90 Å². The van der Waals surface area contributed by atoms with Crippen LogP contribution in [-0.4, -0.2) is 0 Å².